The number of carbonyl (C=O) groups excluding carboxylic acids is 1. The first kappa shape index (κ1) is 16.3. The molecule has 0 bridgehead atoms. The number of hydrazine groups is 2. The van der Waals surface area contributed by atoms with E-state index in [9.17, 15) is 4.79 Å². The molecule has 4 N–H and O–H groups in total. The average molecular weight is 340 g/mol. The Morgan fingerprint density at radius 1 is 1.24 bits per heavy atom. The summed E-state index contributed by atoms with van der Waals surface area (Å²) in [6.07, 6.45) is 2.72. The van der Waals surface area contributed by atoms with E-state index in [-0.39, 0.29) is 11.8 Å². The summed E-state index contributed by atoms with van der Waals surface area (Å²) in [5.41, 5.74) is 11.4. The zero-order valence-corrected chi connectivity index (χ0v) is 14.3. The van der Waals surface area contributed by atoms with Crippen LogP contribution >= 0.6 is 0 Å². The van der Waals surface area contributed by atoms with Crippen molar-refractivity contribution < 1.29 is 4.79 Å². The van der Waals surface area contributed by atoms with Crippen LogP contribution in [0.4, 0.5) is 5.82 Å². The first-order valence-corrected chi connectivity index (χ1v) is 8.84. The summed E-state index contributed by atoms with van der Waals surface area (Å²) in [4.78, 5) is 12.7. The minimum atomic E-state index is 0.0239. The normalized spacial score (nSPS) is 25.6. The van der Waals surface area contributed by atoms with E-state index in [0.717, 1.165) is 36.3 Å². The highest BCUT2D eigenvalue weighted by Crippen LogP contribution is 2.27. The van der Waals surface area contributed by atoms with Crippen LogP contribution in [0, 0.1) is 12.8 Å². The SMILES string of the molecule is Cc1cc(NC(=O)C2CCC3NNNC3C2)n(Cc2ccccc2)n1. The molecule has 2 aliphatic rings. The lowest BCUT2D eigenvalue weighted by atomic mass is 9.82. The largest absolute Gasteiger partial charge is 0.311 e. The minimum Gasteiger partial charge on any atom is -0.311 e. The Morgan fingerprint density at radius 2 is 2.04 bits per heavy atom. The number of nitrogens with zero attached hydrogens (tertiary/aromatic N) is 2. The van der Waals surface area contributed by atoms with Crippen molar-refractivity contribution in [1.82, 2.24) is 26.2 Å². The van der Waals surface area contributed by atoms with Gasteiger partial charge in [-0.25, -0.2) is 15.5 Å². The third kappa shape index (κ3) is 3.58. The fourth-order valence-electron chi connectivity index (χ4n) is 3.72. The maximum atomic E-state index is 12.7. The number of aromatic nitrogens is 2. The number of rotatable bonds is 4. The van der Waals surface area contributed by atoms with E-state index in [1.54, 1.807) is 0 Å². The van der Waals surface area contributed by atoms with E-state index in [1.807, 2.05) is 35.9 Å². The lowest BCUT2D eigenvalue weighted by molar-refractivity contribution is -0.121. The molecular weight excluding hydrogens is 316 g/mol. The number of hydrogen-bond acceptors (Lipinski definition) is 5. The van der Waals surface area contributed by atoms with Crippen molar-refractivity contribution in [2.45, 2.75) is 44.8 Å². The Morgan fingerprint density at radius 3 is 2.88 bits per heavy atom. The van der Waals surface area contributed by atoms with Crippen molar-refractivity contribution in [1.29, 1.82) is 0 Å². The fraction of sp³-hybridized carbons (Fsp3) is 0.444. The number of benzene rings is 1. The number of hydrogen-bond donors (Lipinski definition) is 4. The molecule has 7 nitrogen and oxygen atoms in total. The molecule has 3 atom stereocenters. The van der Waals surface area contributed by atoms with Gasteiger partial charge in [-0.05, 0) is 31.7 Å². The third-order valence-electron chi connectivity index (χ3n) is 5.06. The van der Waals surface area contributed by atoms with Crippen LogP contribution in [-0.4, -0.2) is 27.8 Å². The van der Waals surface area contributed by atoms with E-state index in [2.05, 4.69) is 38.9 Å². The van der Waals surface area contributed by atoms with Crippen LogP contribution < -0.4 is 21.7 Å². The Labute approximate surface area is 147 Å². The van der Waals surface area contributed by atoms with Gasteiger partial charge in [-0.1, -0.05) is 30.3 Å². The molecule has 0 radical (unpaired) electrons. The van der Waals surface area contributed by atoms with Gasteiger partial charge in [0.25, 0.3) is 0 Å². The zero-order valence-electron chi connectivity index (χ0n) is 14.3. The van der Waals surface area contributed by atoms with Gasteiger partial charge in [0, 0.05) is 24.1 Å². The van der Waals surface area contributed by atoms with Crippen LogP contribution in [0.1, 0.15) is 30.5 Å². The summed E-state index contributed by atoms with van der Waals surface area (Å²) in [5.74, 6) is 0.876. The van der Waals surface area contributed by atoms with Crippen molar-refractivity contribution in [2.75, 3.05) is 5.32 Å². The molecule has 1 saturated heterocycles. The maximum Gasteiger partial charge on any atom is 0.228 e. The number of fused-ring (bicyclic) bond motifs is 1. The summed E-state index contributed by atoms with van der Waals surface area (Å²) in [6.45, 7) is 2.59. The van der Waals surface area contributed by atoms with Gasteiger partial charge in [-0.15, -0.1) is 0 Å². The van der Waals surface area contributed by atoms with Gasteiger partial charge in [-0.2, -0.15) is 10.6 Å². The molecule has 0 spiro atoms. The monoisotopic (exact) mass is 340 g/mol. The second-order valence-corrected chi connectivity index (χ2v) is 6.94. The second-order valence-electron chi connectivity index (χ2n) is 6.94. The smallest absolute Gasteiger partial charge is 0.228 e. The van der Waals surface area contributed by atoms with Crippen LogP contribution in [-0.2, 0) is 11.3 Å². The van der Waals surface area contributed by atoms with Gasteiger partial charge >= 0.3 is 0 Å². The first-order chi connectivity index (χ1) is 12.2. The highest BCUT2D eigenvalue weighted by atomic mass is 16.2. The minimum absolute atomic E-state index is 0.0239. The van der Waals surface area contributed by atoms with Crippen molar-refractivity contribution in [3.8, 4) is 0 Å². The molecule has 2 aromatic rings. The number of amides is 1. The molecule has 7 heteroatoms. The average Bonchev–Trinajstić information content (AvgIpc) is 3.21. The highest BCUT2D eigenvalue weighted by Gasteiger charge is 2.36. The van der Waals surface area contributed by atoms with Crippen LogP contribution in [0.2, 0.25) is 0 Å². The molecule has 1 aliphatic carbocycles. The second kappa shape index (κ2) is 6.95. The Balaban J connectivity index is 1.44. The van der Waals surface area contributed by atoms with Crippen molar-refractivity contribution >= 4 is 11.7 Å². The molecule has 1 aromatic heterocycles. The van der Waals surface area contributed by atoms with Gasteiger partial charge < -0.3 is 5.32 Å². The van der Waals surface area contributed by atoms with Crippen LogP contribution in [0.5, 0.6) is 0 Å². The standard InChI is InChI=1S/C18H24N6O/c1-12-9-17(24(22-12)11-13-5-3-2-4-6-13)19-18(25)14-7-8-15-16(10-14)21-23-20-15/h2-6,9,14-16,20-21,23H,7-8,10-11H2,1H3,(H,19,25). The first-order valence-electron chi connectivity index (χ1n) is 8.84. The van der Waals surface area contributed by atoms with Crippen molar-refractivity contribution in [3.05, 3.63) is 47.7 Å². The lowest BCUT2D eigenvalue weighted by Crippen LogP contribution is -2.42. The number of carbonyl (C=O) groups is 1. The van der Waals surface area contributed by atoms with Gasteiger partial charge in [0.1, 0.15) is 5.82 Å². The van der Waals surface area contributed by atoms with E-state index >= 15 is 0 Å². The van der Waals surface area contributed by atoms with Gasteiger partial charge in [0.05, 0.1) is 12.2 Å². The molecular formula is C18H24N6O. The Kier molecular flexibility index (Phi) is 4.52. The van der Waals surface area contributed by atoms with Crippen molar-refractivity contribution in [2.24, 2.45) is 5.92 Å². The van der Waals surface area contributed by atoms with Crippen molar-refractivity contribution in [3.63, 3.8) is 0 Å². The van der Waals surface area contributed by atoms with E-state index in [4.69, 9.17) is 0 Å². The summed E-state index contributed by atoms with van der Waals surface area (Å²) in [7, 11) is 0. The lowest BCUT2D eigenvalue weighted by Gasteiger charge is -2.29. The van der Waals surface area contributed by atoms with E-state index in [0.29, 0.717) is 18.6 Å². The number of nitrogens with one attached hydrogen (secondary N) is 4. The number of aryl methyl sites for hydroxylation is 1. The molecule has 2 fully saturated rings. The van der Waals surface area contributed by atoms with Crippen LogP contribution in [0.25, 0.3) is 0 Å². The topological polar surface area (TPSA) is 83.0 Å². The van der Waals surface area contributed by atoms with Crippen LogP contribution in [0.15, 0.2) is 36.4 Å². The maximum absolute atomic E-state index is 12.7. The van der Waals surface area contributed by atoms with E-state index in [1.165, 1.54) is 0 Å². The molecule has 4 rings (SSSR count). The molecule has 1 aromatic carbocycles. The predicted molar refractivity (Wildman–Crippen MR) is 95.5 cm³/mol. The van der Waals surface area contributed by atoms with Gasteiger partial charge in [0.2, 0.25) is 5.91 Å². The molecule has 1 amide bonds. The molecule has 2 heterocycles. The van der Waals surface area contributed by atoms with Gasteiger partial charge in [-0.3, -0.25) is 4.79 Å². The molecule has 1 aliphatic heterocycles. The fourth-order valence-corrected chi connectivity index (χ4v) is 3.72. The summed E-state index contributed by atoms with van der Waals surface area (Å²) >= 11 is 0. The molecule has 132 valence electrons. The van der Waals surface area contributed by atoms with E-state index < -0.39 is 0 Å². The molecule has 25 heavy (non-hydrogen) atoms. The number of anilines is 1. The quantitative estimate of drug-likeness (QED) is 0.675. The van der Waals surface area contributed by atoms with Gasteiger partial charge in [0.15, 0.2) is 0 Å². The Hall–Kier alpha value is -2.22. The highest BCUT2D eigenvalue weighted by molar-refractivity contribution is 5.92. The predicted octanol–water partition coefficient (Wildman–Crippen LogP) is 1.33. The third-order valence-corrected chi connectivity index (χ3v) is 5.06. The zero-order chi connectivity index (χ0) is 17.2. The Bertz CT molecular complexity index is 743. The summed E-state index contributed by atoms with van der Waals surface area (Å²) < 4.78 is 1.87. The molecule has 3 unspecified atom stereocenters. The van der Waals surface area contributed by atoms with Crippen LogP contribution in [0.3, 0.4) is 0 Å². The summed E-state index contributed by atoms with van der Waals surface area (Å²) in [5, 5.41) is 7.62. The molecule has 1 saturated carbocycles. The summed E-state index contributed by atoms with van der Waals surface area (Å²) in [6, 6.07) is 12.8.